The largest absolute Gasteiger partial charge is 0.451 e. The summed E-state index contributed by atoms with van der Waals surface area (Å²) in [5, 5.41) is 11.3. The average Bonchev–Trinajstić information content (AvgIpc) is 3.54. The van der Waals surface area contributed by atoms with E-state index in [1.165, 1.54) is 4.68 Å². The van der Waals surface area contributed by atoms with Gasteiger partial charge in [0.25, 0.3) is 5.91 Å². The second-order valence-electron chi connectivity index (χ2n) is 8.45. The lowest BCUT2D eigenvalue weighted by Crippen LogP contribution is -2.48. The zero-order valence-corrected chi connectivity index (χ0v) is 19.3. The van der Waals surface area contributed by atoms with E-state index >= 15 is 0 Å². The molecule has 11 heteroatoms. The first-order valence-corrected chi connectivity index (χ1v) is 12.9. The third-order valence-corrected chi connectivity index (χ3v) is 7.85. The van der Waals surface area contributed by atoms with Crippen molar-refractivity contribution in [3.8, 4) is 0 Å². The number of aromatic nitrogens is 4. The van der Waals surface area contributed by atoms with Crippen LogP contribution >= 0.6 is 0 Å². The zero-order valence-electron chi connectivity index (χ0n) is 18.5. The smallest absolute Gasteiger partial charge is 0.357 e. The molecule has 176 valence electrons. The summed E-state index contributed by atoms with van der Waals surface area (Å²) in [6, 6.07) is 8.78. The Bertz CT molecular complexity index is 1140. The molecule has 1 aliphatic carbocycles. The van der Waals surface area contributed by atoms with Crippen LogP contribution in [0, 0.1) is 6.92 Å². The van der Waals surface area contributed by atoms with Gasteiger partial charge in [-0.25, -0.2) is 13.2 Å². The van der Waals surface area contributed by atoms with Crippen molar-refractivity contribution in [2.24, 2.45) is 0 Å². The van der Waals surface area contributed by atoms with Gasteiger partial charge in [-0.3, -0.25) is 4.79 Å². The summed E-state index contributed by atoms with van der Waals surface area (Å²) in [5.41, 5.74) is 0.821. The summed E-state index contributed by atoms with van der Waals surface area (Å²) in [7, 11) is -3.15. The lowest BCUT2D eigenvalue weighted by Gasteiger charge is -2.33. The van der Waals surface area contributed by atoms with Gasteiger partial charge in [0.05, 0.1) is 11.5 Å². The Morgan fingerprint density at radius 1 is 1.15 bits per heavy atom. The molecule has 0 spiro atoms. The molecule has 1 aliphatic heterocycles. The second kappa shape index (κ2) is 9.82. The summed E-state index contributed by atoms with van der Waals surface area (Å²) < 4.78 is 30.7. The molecule has 1 saturated heterocycles. The van der Waals surface area contributed by atoms with Crippen molar-refractivity contribution in [1.29, 1.82) is 0 Å². The molecule has 4 rings (SSSR count). The minimum Gasteiger partial charge on any atom is -0.451 e. The molecule has 0 radical (unpaired) electrons. The molecule has 1 saturated carbocycles. The van der Waals surface area contributed by atoms with E-state index in [1.807, 2.05) is 30.3 Å². The molecule has 1 aromatic heterocycles. The summed E-state index contributed by atoms with van der Waals surface area (Å²) in [6.07, 6.45) is 5.67. The molecule has 2 aromatic rings. The number of tetrazole rings is 1. The predicted molar refractivity (Wildman–Crippen MR) is 120 cm³/mol. The number of amides is 1. The van der Waals surface area contributed by atoms with Crippen molar-refractivity contribution in [2.75, 3.05) is 18.1 Å². The Morgan fingerprint density at radius 3 is 2.48 bits per heavy atom. The molecule has 1 aromatic carbocycles. The van der Waals surface area contributed by atoms with Crippen LogP contribution in [-0.2, 0) is 24.2 Å². The van der Waals surface area contributed by atoms with E-state index in [2.05, 4.69) is 15.5 Å². The topological polar surface area (TPSA) is 124 Å². The number of aryl methyl sites for hydroxylation is 1. The fourth-order valence-electron chi connectivity index (χ4n) is 4.53. The quantitative estimate of drug-likeness (QED) is 0.437. The molecule has 0 N–H and O–H groups in total. The maximum absolute atomic E-state index is 13.2. The lowest BCUT2D eigenvalue weighted by molar-refractivity contribution is -0.150. The maximum Gasteiger partial charge on any atom is 0.357 e. The molecular weight excluding hydrogens is 446 g/mol. The molecule has 1 unspecified atom stereocenters. The minimum absolute atomic E-state index is 0.0180. The van der Waals surface area contributed by atoms with Gasteiger partial charge >= 0.3 is 5.97 Å². The van der Waals surface area contributed by atoms with Crippen LogP contribution in [0.2, 0.25) is 0 Å². The Kier molecular flexibility index (Phi) is 6.87. The number of hydrogen-bond donors (Lipinski definition) is 0. The molecule has 2 aliphatic rings. The van der Waals surface area contributed by atoms with Gasteiger partial charge < -0.3 is 9.64 Å². The van der Waals surface area contributed by atoms with Crippen LogP contribution in [-0.4, -0.2) is 75.6 Å². The molecular formula is C22H27N5O5S. The van der Waals surface area contributed by atoms with Gasteiger partial charge in [-0.15, -0.1) is 5.10 Å². The van der Waals surface area contributed by atoms with Crippen molar-refractivity contribution < 1.29 is 22.7 Å². The molecule has 1 atom stereocenters. The van der Waals surface area contributed by atoms with Gasteiger partial charge in [-0.2, -0.15) is 4.68 Å². The third-order valence-electron chi connectivity index (χ3n) is 6.10. The predicted octanol–water partition coefficient (Wildman–Crippen LogP) is 1.48. The van der Waals surface area contributed by atoms with Crippen molar-refractivity contribution in [3.63, 3.8) is 0 Å². The van der Waals surface area contributed by atoms with Gasteiger partial charge in [-0.1, -0.05) is 43.2 Å². The number of nitrogens with zero attached hydrogens (tertiary/aromatic N) is 5. The monoisotopic (exact) mass is 473 g/mol. The molecule has 1 amide bonds. The SMILES string of the molecule is Cc1nnnn1/C(=C\c1ccccc1)C(=O)OCC(=O)N(C1CCCC1)C1CCS(=O)(=O)C1. The lowest BCUT2D eigenvalue weighted by atomic mass is 10.1. The Labute approximate surface area is 192 Å². The van der Waals surface area contributed by atoms with Gasteiger partial charge in [0, 0.05) is 12.1 Å². The number of benzene rings is 1. The van der Waals surface area contributed by atoms with Crippen molar-refractivity contribution in [2.45, 2.75) is 51.1 Å². The van der Waals surface area contributed by atoms with Gasteiger partial charge in [0.2, 0.25) is 0 Å². The van der Waals surface area contributed by atoms with Gasteiger partial charge in [0.1, 0.15) is 0 Å². The van der Waals surface area contributed by atoms with Crippen LogP contribution in [0.15, 0.2) is 30.3 Å². The van der Waals surface area contributed by atoms with Crippen molar-refractivity contribution in [1.82, 2.24) is 25.1 Å². The first-order valence-electron chi connectivity index (χ1n) is 11.0. The molecule has 2 heterocycles. The highest BCUT2D eigenvalue weighted by atomic mass is 32.2. The summed E-state index contributed by atoms with van der Waals surface area (Å²) in [4.78, 5) is 27.8. The van der Waals surface area contributed by atoms with Gasteiger partial charge in [0.15, 0.2) is 28.0 Å². The van der Waals surface area contributed by atoms with Crippen LogP contribution in [0.4, 0.5) is 0 Å². The minimum atomic E-state index is -3.15. The van der Waals surface area contributed by atoms with Crippen LogP contribution in [0.3, 0.4) is 0 Å². The number of ether oxygens (including phenoxy) is 1. The maximum atomic E-state index is 13.2. The Morgan fingerprint density at radius 2 is 1.88 bits per heavy atom. The van der Waals surface area contributed by atoms with E-state index in [9.17, 15) is 18.0 Å². The number of esters is 1. The van der Waals surface area contributed by atoms with Crippen LogP contribution in [0.1, 0.15) is 43.5 Å². The molecule has 2 fully saturated rings. The number of carbonyl (C=O) groups is 2. The van der Waals surface area contributed by atoms with E-state index in [1.54, 1.807) is 17.9 Å². The number of sulfone groups is 1. The highest BCUT2D eigenvalue weighted by Gasteiger charge is 2.39. The fourth-order valence-corrected chi connectivity index (χ4v) is 6.24. The number of carbonyl (C=O) groups excluding carboxylic acids is 2. The highest BCUT2D eigenvalue weighted by Crippen LogP contribution is 2.29. The summed E-state index contributed by atoms with van der Waals surface area (Å²) in [5.74, 6) is -0.676. The highest BCUT2D eigenvalue weighted by molar-refractivity contribution is 7.91. The second-order valence-corrected chi connectivity index (χ2v) is 10.7. The van der Waals surface area contributed by atoms with Crippen LogP contribution in [0.5, 0.6) is 0 Å². The first kappa shape index (κ1) is 23.1. The third kappa shape index (κ3) is 5.47. The normalized spacial score (nSPS) is 20.6. The zero-order chi connectivity index (χ0) is 23.4. The van der Waals surface area contributed by atoms with E-state index < -0.39 is 22.4 Å². The van der Waals surface area contributed by atoms with Crippen LogP contribution in [0.25, 0.3) is 11.8 Å². The van der Waals surface area contributed by atoms with E-state index in [0.717, 1.165) is 31.2 Å². The van der Waals surface area contributed by atoms with Crippen molar-refractivity contribution >= 4 is 33.5 Å². The number of hydrogen-bond acceptors (Lipinski definition) is 8. The average molecular weight is 474 g/mol. The van der Waals surface area contributed by atoms with E-state index in [0.29, 0.717) is 12.2 Å². The molecule has 10 nitrogen and oxygen atoms in total. The van der Waals surface area contributed by atoms with E-state index in [-0.39, 0.29) is 35.2 Å². The van der Waals surface area contributed by atoms with Crippen LogP contribution < -0.4 is 0 Å². The summed E-state index contributed by atoms with van der Waals surface area (Å²) >= 11 is 0. The fraction of sp³-hybridized carbons (Fsp3) is 0.500. The standard InChI is InChI=1S/C22H27N5O5S/c1-16-23-24-25-27(16)20(13-17-7-3-2-4-8-17)22(29)32-14-21(28)26(18-9-5-6-10-18)19-11-12-33(30,31)15-19/h2-4,7-8,13,18-19H,5-6,9-12,14-15H2,1H3/b20-13-. The Hall–Kier alpha value is -3.08. The Balaban J connectivity index is 1.51. The van der Waals surface area contributed by atoms with Gasteiger partial charge in [-0.05, 0) is 48.3 Å². The van der Waals surface area contributed by atoms with Crippen molar-refractivity contribution in [3.05, 3.63) is 41.7 Å². The van der Waals surface area contributed by atoms with E-state index in [4.69, 9.17) is 4.74 Å². The molecule has 33 heavy (non-hydrogen) atoms. The molecule has 0 bridgehead atoms. The number of rotatable bonds is 7. The summed E-state index contributed by atoms with van der Waals surface area (Å²) in [6.45, 7) is 1.18. The first-order chi connectivity index (χ1) is 15.8.